The van der Waals surface area contributed by atoms with Gasteiger partial charge in [-0.25, -0.2) is 18.4 Å². The molecule has 1 aromatic carbocycles. The highest BCUT2D eigenvalue weighted by molar-refractivity contribution is 7.92. The number of hydrogen-bond donors (Lipinski definition) is 2. The Bertz CT molecular complexity index is 687. The molecule has 0 saturated carbocycles. The van der Waals surface area contributed by atoms with Gasteiger partial charge < -0.3 is 5.32 Å². The monoisotopic (exact) mass is 292 g/mol. The van der Waals surface area contributed by atoms with Crippen molar-refractivity contribution in [2.45, 2.75) is 13.5 Å². The summed E-state index contributed by atoms with van der Waals surface area (Å²) < 4.78 is 24.9. The second kappa shape index (κ2) is 5.87. The van der Waals surface area contributed by atoms with Crippen molar-refractivity contribution >= 4 is 21.4 Å². The van der Waals surface area contributed by atoms with Gasteiger partial charge in [-0.1, -0.05) is 0 Å². The Balaban J connectivity index is 2.06. The molecule has 106 valence electrons. The fourth-order valence-corrected chi connectivity index (χ4v) is 2.34. The van der Waals surface area contributed by atoms with Crippen molar-refractivity contribution in [3.63, 3.8) is 0 Å². The lowest BCUT2D eigenvalue weighted by atomic mass is 10.2. The predicted octanol–water partition coefficient (Wildman–Crippen LogP) is 1.77. The molecule has 0 atom stereocenters. The normalized spacial score (nSPS) is 11.1. The summed E-state index contributed by atoms with van der Waals surface area (Å²) in [5.41, 5.74) is 3.32. The van der Waals surface area contributed by atoms with Crippen molar-refractivity contribution in [3.8, 4) is 0 Å². The predicted molar refractivity (Wildman–Crippen MR) is 79.0 cm³/mol. The van der Waals surface area contributed by atoms with Crippen LogP contribution in [0.1, 0.15) is 11.1 Å². The zero-order chi connectivity index (χ0) is 14.6. The van der Waals surface area contributed by atoms with Crippen molar-refractivity contribution in [3.05, 3.63) is 48.0 Å². The van der Waals surface area contributed by atoms with Crippen molar-refractivity contribution < 1.29 is 8.42 Å². The topological polar surface area (TPSA) is 84.0 Å². The molecule has 0 aliphatic carbocycles. The Morgan fingerprint density at radius 1 is 1.20 bits per heavy atom. The van der Waals surface area contributed by atoms with Crippen LogP contribution in [0.15, 0.2) is 36.9 Å². The van der Waals surface area contributed by atoms with Crippen LogP contribution in [0.4, 0.5) is 11.4 Å². The number of aryl methyl sites for hydroxylation is 1. The maximum atomic E-state index is 11.2. The van der Waals surface area contributed by atoms with Crippen LogP contribution >= 0.6 is 0 Å². The summed E-state index contributed by atoms with van der Waals surface area (Å²) in [7, 11) is -3.25. The Kier molecular flexibility index (Phi) is 4.19. The molecular weight excluding hydrogens is 276 g/mol. The first-order valence-corrected chi connectivity index (χ1v) is 7.89. The van der Waals surface area contributed by atoms with E-state index >= 15 is 0 Å². The summed E-state index contributed by atoms with van der Waals surface area (Å²) in [5, 5.41) is 3.23. The summed E-state index contributed by atoms with van der Waals surface area (Å²) in [6.45, 7) is 2.46. The van der Waals surface area contributed by atoms with Crippen LogP contribution in [0.5, 0.6) is 0 Å². The molecule has 0 spiro atoms. The number of benzene rings is 1. The van der Waals surface area contributed by atoms with Gasteiger partial charge in [0.15, 0.2) is 0 Å². The highest BCUT2D eigenvalue weighted by atomic mass is 32.2. The number of hydrogen-bond acceptors (Lipinski definition) is 5. The van der Waals surface area contributed by atoms with Gasteiger partial charge in [-0.05, 0) is 30.7 Å². The van der Waals surface area contributed by atoms with Gasteiger partial charge >= 0.3 is 0 Å². The van der Waals surface area contributed by atoms with Crippen LogP contribution in [0.25, 0.3) is 0 Å². The number of anilines is 2. The van der Waals surface area contributed by atoms with E-state index < -0.39 is 10.0 Å². The Labute approximate surface area is 118 Å². The Morgan fingerprint density at radius 2 is 1.90 bits per heavy atom. The molecule has 0 aliphatic rings. The summed E-state index contributed by atoms with van der Waals surface area (Å²) >= 11 is 0. The van der Waals surface area contributed by atoms with Crippen LogP contribution in [-0.2, 0) is 16.6 Å². The lowest BCUT2D eigenvalue weighted by Crippen LogP contribution is -2.10. The molecule has 1 aromatic heterocycles. The Morgan fingerprint density at radius 3 is 2.50 bits per heavy atom. The molecule has 0 fully saturated rings. The Hall–Kier alpha value is -2.15. The lowest BCUT2D eigenvalue weighted by molar-refractivity contribution is 0.607. The van der Waals surface area contributed by atoms with Crippen molar-refractivity contribution in [1.82, 2.24) is 9.97 Å². The zero-order valence-corrected chi connectivity index (χ0v) is 12.1. The second-order valence-corrected chi connectivity index (χ2v) is 6.25. The van der Waals surface area contributed by atoms with Gasteiger partial charge in [-0.2, -0.15) is 0 Å². The average Bonchev–Trinajstić information content (AvgIpc) is 2.39. The molecule has 0 radical (unpaired) electrons. The van der Waals surface area contributed by atoms with Crippen molar-refractivity contribution in [1.29, 1.82) is 0 Å². The standard InChI is InChI=1S/C13H16N4O2S/c1-10-5-12(3-4-13(10)17-20(2,18)19)16-8-11-6-14-9-15-7-11/h3-7,9,16-17H,8H2,1-2H3. The second-order valence-electron chi connectivity index (χ2n) is 4.50. The van der Waals surface area contributed by atoms with Crippen LogP contribution in [0, 0.1) is 6.92 Å². The van der Waals surface area contributed by atoms with Crippen LogP contribution in [-0.4, -0.2) is 24.6 Å². The number of rotatable bonds is 5. The molecule has 2 N–H and O–H groups in total. The van der Waals surface area contributed by atoms with Gasteiger partial charge in [0.2, 0.25) is 10.0 Å². The van der Waals surface area contributed by atoms with Crippen molar-refractivity contribution in [2.24, 2.45) is 0 Å². The number of nitrogens with one attached hydrogen (secondary N) is 2. The van der Waals surface area contributed by atoms with Gasteiger partial charge in [0.25, 0.3) is 0 Å². The largest absolute Gasteiger partial charge is 0.381 e. The number of sulfonamides is 1. The van der Waals surface area contributed by atoms with E-state index in [-0.39, 0.29) is 0 Å². The SMILES string of the molecule is Cc1cc(NCc2cncnc2)ccc1NS(C)(=O)=O. The molecule has 0 unspecified atom stereocenters. The van der Waals surface area contributed by atoms with Gasteiger partial charge in [0.1, 0.15) is 6.33 Å². The minimum atomic E-state index is -3.25. The zero-order valence-electron chi connectivity index (χ0n) is 11.3. The highest BCUT2D eigenvalue weighted by Gasteiger charge is 2.05. The first-order chi connectivity index (χ1) is 9.44. The van der Waals surface area contributed by atoms with Gasteiger partial charge in [0.05, 0.1) is 11.9 Å². The molecule has 20 heavy (non-hydrogen) atoms. The minimum Gasteiger partial charge on any atom is -0.381 e. The molecule has 0 aliphatic heterocycles. The first kappa shape index (κ1) is 14.3. The third kappa shape index (κ3) is 4.20. The summed E-state index contributed by atoms with van der Waals surface area (Å²) in [5.74, 6) is 0. The molecule has 7 heteroatoms. The number of aromatic nitrogens is 2. The van der Waals surface area contributed by atoms with E-state index in [9.17, 15) is 8.42 Å². The maximum Gasteiger partial charge on any atom is 0.229 e. The van der Waals surface area contributed by atoms with E-state index in [0.29, 0.717) is 12.2 Å². The van der Waals surface area contributed by atoms with E-state index in [1.165, 1.54) is 6.33 Å². The van der Waals surface area contributed by atoms with Crippen LogP contribution in [0.2, 0.25) is 0 Å². The van der Waals surface area contributed by atoms with E-state index in [0.717, 1.165) is 23.1 Å². The maximum absolute atomic E-state index is 11.2. The van der Waals surface area contributed by atoms with E-state index in [4.69, 9.17) is 0 Å². The summed E-state index contributed by atoms with van der Waals surface area (Å²) in [6.07, 6.45) is 6.10. The molecule has 2 rings (SSSR count). The van der Waals surface area contributed by atoms with Crippen LogP contribution in [0.3, 0.4) is 0 Å². The fraction of sp³-hybridized carbons (Fsp3) is 0.231. The average molecular weight is 292 g/mol. The van der Waals surface area contributed by atoms with E-state index in [1.807, 2.05) is 19.1 Å². The summed E-state index contributed by atoms with van der Waals surface area (Å²) in [4.78, 5) is 7.88. The smallest absolute Gasteiger partial charge is 0.229 e. The summed E-state index contributed by atoms with van der Waals surface area (Å²) in [6, 6.07) is 5.45. The lowest BCUT2D eigenvalue weighted by Gasteiger charge is -2.11. The van der Waals surface area contributed by atoms with Crippen molar-refractivity contribution in [2.75, 3.05) is 16.3 Å². The first-order valence-electron chi connectivity index (χ1n) is 6.00. The molecule has 0 saturated heterocycles. The quantitative estimate of drug-likeness (QED) is 0.877. The fourth-order valence-electron chi connectivity index (χ4n) is 1.71. The van der Waals surface area contributed by atoms with Gasteiger partial charge in [0, 0.05) is 30.2 Å². The third-order valence-electron chi connectivity index (χ3n) is 2.63. The number of nitrogens with zero attached hydrogens (tertiary/aromatic N) is 2. The third-order valence-corrected chi connectivity index (χ3v) is 3.22. The van der Waals surface area contributed by atoms with E-state index in [2.05, 4.69) is 20.0 Å². The van der Waals surface area contributed by atoms with Gasteiger partial charge in [-0.15, -0.1) is 0 Å². The molecule has 0 bridgehead atoms. The molecule has 2 aromatic rings. The molecular formula is C13H16N4O2S. The van der Waals surface area contributed by atoms with E-state index in [1.54, 1.807) is 18.5 Å². The van der Waals surface area contributed by atoms with Gasteiger partial charge in [-0.3, -0.25) is 4.72 Å². The molecule has 6 nitrogen and oxygen atoms in total. The van der Waals surface area contributed by atoms with Crippen LogP contribution < -0.4 is 10.0 Å². The molecule has 0 amide bonds. The molecule has 1 heterocycles. The highest BCUT2D eigenvalue weighted by Crippen LogP contribution is 2.20. The minimum absolute atomic E-state index is 0.584.